The van der Waals surface area contributed by atoms with Gasteiger partial charge in [0.2, 0.25) is 0 Å². The van der Waals surface area contributed by atoms with Gasteiger partial charge in [0.25, 0.3) is 0 Å². The molecule has 0 fully saturated rings. The van der Waals surface area contributed by atoms with E-state index in [1.54, 1.807) is 0 Å². The van der Waals surface area contributed by atoms with Gasteiger partial charge in [-0.2, -0.15) is 0 Å². The standard InChI is InChI=1S/C37H23Br/c38-34-19-9-18-33-36(34)29-13-5-7-16-31(29)37(33)30-15-6-4-12-28(30)35-27(14-8-17-32(35)37)26-22-20-25(21-23-26)24-10-2-1-3-11-24/h1-23H. The summed E-state index contributed by atoms with van der Waals surface area (Å²) in [6.07, 6.45) is 0. The maximum Gasteiger partial charge on any atom is 0.0726 e. The molecule has 0 aliphatic heterocycles. The summed E-state index contributed by atoms with van der Waals surface area (Å²) >= 11 is 3.90. The Morgan fingerprint density at radius 3 is 1.53 bits per heavy atom. The molecule has 1 atom stereocenters. The van der Waals surface area contributed by atoms with Crippen LogP contribution >= 0.6 is 15.9 Å². The first-order chi connectivity index (χ1) is 18.8. The number of hydrogen-bond donors (Lipinski definition) is 0. The molecule has 0 amide bonds. The minimum absolute atomic E-state index is 0.332. The second-order valence-electron chi connectivity index (χ2n) is 10.2. The number of fused-ring (bicyclic) bond motifs is 10. The van der Waals surface area contributed by atoms with Crippen LogP contribution in [0.5, 0.6) is 0 Å². The first kappa shape index (κ1) is 21.8. The Bertz CT molecular complexity index is 1860. The lowest BCUT2D eigenvalue weighted by Crippen LogP contribution is -2.25. The van der Waals surface area contributed by atoms with Crippen LogP contribution in [0.15, 0.2) is 144 Å². The van der Waals surface area contributed by atoms with Crippen molar-refractivity contribution in [3.8, 4) is 44.5 Å². The van der Waals surface area contributed by atoms with Gasteiger partial charge in [-0.1, -0.05) is 149 Å². The van der Waals surface area contributed by atoms with E-state index in [0.717, 1.165) is 4.47 Å². The van der Waals surface area contributed by atoms with Gasteiger partial charge in [0.1, 0.15) is 0 Å². The second kappa shape index (κ2) is 8.15. The smallest absolute Gasteiger partial charge is 0.0622 e. The lowest BCUT2D eigenvalue weighted by atomic mass is 9.70. The summed E-state index contributed by atoms with van der Waals surface area (Å²) in [7, 11) is 0. The predicted octanol–water partition coefficient (Wildman–Crippen LogP) is 10.1. The van der Waals surface area contributed by atoms with Crippen LogP contribution in [0.2, 0.25) is 0 Å². The van der Waals surface area contributed by atoms with E-state index in [1.165, 1.54) is 66.8 Å². The number of halogens is 1. The van der Waals surface area contributed by atoms with E-state index in [1.807, 2.05) is 0 Å². The molecule has 1 unspecified atom stereocenters. The van der Waals surface area contributed by atoms with Gasteiger partial charge >= 0.3 is 0 Å². The molecule has 6 aromatic rings. The Morgan fingerprint density at radius 2 is 0.816 bits per heavy atom. The van der Waals surface area contributed by atoms with Gasteiger partial charge in [-0.25, -0.2) is 0 Å². The normalized spacial score (nSPS) is 16.1. The Kier molecular flexibility index (Phi) is 4.68. The molecule has 6 aromatic carbocycles. The van der Waals surface area contributed by atoms with Crippen molar-refractivity contribution in [2.75, 3.05) is 0 Å². The molecule has 0 nitrogen and oxygen atoms in total. The Morgan fingerprint density at radius 1 is 0.342 bits per heavy atom. The summed E-state index contributed by atoms with van der Waals surface area (Å²) < 4.78 is 1.15. The summed E-state index contributed by atoms with van der Waals surface area (Å²) in [5.74, 6) is 0. The Hall–Kier alpha value is -4.20. The molecule has 0 bridgehead atoms. The molecule has 2 aliphatic rings. The molecule has 0 saturated heterocycles. The lowest BCUT2D eigenvalue weighted by Gasteiger charge is -2.30. The van der Waals surface area contributed by atoms with Crippen molar-refractivity contribution in [3.05, 3.63) is 166 Å². The van der Waals surface area contributed by atoms with E-state index in [9.17, 15) is 0 Å². The molecule has 0 aromatic heterocycles. The van der Waals surface area contributed by atoms with Crippen LogP contribution in [-0.4, -0.2) is 0 Å². The van der Waals surface area contributed by atoms with Crippen LogP contribution in [0.3, 0.4) is 0 Å². The quantitative estimate of drug-likeness (QED) is 0.202. The number of benzene rings is 6. The number of rotatable bonds is 2. The summed E-state index contributed by atoms with van der Waals surface area (Å²) in [4.78, 5) is 0. The first-order valence-corrected chi connectivity index (χ1v) is 13.9. The summed E-state index contributed by atoms with van der Waals surface area (Å²) in [6.45, 7) is 0. The van der Waals surface area contributed by atoms with Crippen molar-refractivity contribution in [2.24, 2.45) is 0 Å². The molecule has 1 spiro atoms. The highest BCUT2D eigenvalue weighted by Gasteiger charge is 2.52. The third kappa shape index (κ3) is 2.80. The van der Waals surface area contributed by atoms with E-state index >= 15 is 0 Å². The zero-order chi connectivity index (χ0) is 25.3. The highest BCUT2D eigenvalue weighted by Crippen LogP contribution is 2.64. The Balaban J connectivity index is 1.42. The van der Waals surface area contributed by atoms with Crippen LogP contribution in [0.25, 0.3) is 44.5 Å². The Labute approximate surface area is 231 Å². The van der Waals surface area contributed by atoms with Crippen molar-refractivity contribution in [3.63, 3.8) is 0 Å². The van der Waals surface area contributed by atoms with E-state index in [-0.39, 0.29) is 5.41 Å². The largest absolute Gasteiger partial charge is 0.0726 e. The van der Waals surface area contributed by atoms with E-state index in [0.29, 0.717) is 0 Å². The molecule has 0 radical (unpaired) electrons. The molecule has 1 heteroatoms. The highest BCUT2D eigenvalue weighted by atomic mass is 79.9. The van der Waals surface area contributed by atoms with Crippen molar-refractivity contribution >= 4 is 15.9 Å². The van der Waals surface area contributed by atoms with Gasteiger partial charge in [0.15, 0.2) is 0 Å². The first-order valence-electron chi connectivity index (χ1n) is 13.1. The topological polar surface area (TPSA) is 0 Å². The molecule has 2 aliphatic carbocycles. The average Bonchev–Trinajstić information content (AvgIpc) is 3.46. The fraction of sp³-hybridized carbons (Fsp3) is 0.0270. The van der Waals surface area contributed by atoms with Crippen LogP contribution in [-0.2, 0) is 5.41 Å². The molecule has 38 heavy (non-hydrogen) atoms. The predicted molar refractivity (Wildman–Crippen MR) is 161 cm³/mol. The van der Waals surface area contributed by atoms with Crippen molar-refractivity contribution in [1.29, 1.82) is 0 Å². The fourth-order valence-corrected chi connectivity index (χ4v) is 7.49. The van der Waals surface area contributed by atoms with Gasteiger partial charge in [-0.3, -0.25) is 0 Å². The SMILES string of the molecule is Brc1cccc2c1-c1ccccc1C21c2ccccc2-c2c(-c3ccc(-c4ccccc4)cc3)cccc21. The zero-order valence-electron chi connectivity index (χ0n) is 20.7. The van der Waals surface area contributed by atoms with Gasteiger partial charge < -0.3 is 0 Å². The van der Waals surface area contributed by atoms with Crippen molar-refractivity contribution < 1.29 is 0 Å². The van der Waals surface area contributed by atoms with E-state index in [2.05, 4.69) is 155 Å². The van der Waals surface area contributed by atoms with E-state index < -0.39 is 0 Å². The third-order valence-corrected chi connectivity index (χ3v) is 9.05. The zero-order valence-corrected chi connectivity index (χ0v) is 22.2. The van der Waals surface area contributed by atoms with Crippen LogP contribution in [0.4, 0.5) is 0 Å². The van der Waals surface area contributed by atoms with Crippen LogP contribution < -0.4 is 0 Å². The monoisotopic (exact) mass is 546 g/mol. The fourth-order valence-electron chi connectivity index (χ4n) is 6.91. The van der Waals surface area contributed by atoms with Crippen LogP contribution in [0.1, 0.15) is 22.3 Å². The minimum atomic E-state index is -0.332. The molecule has 178 valence electrons. The van der Waals surface area contributed by atoms with Gasteiger partial charge in [0.05, 0.1) is 5.41 Å². The molecule has 0 heterocycles. The minimum Gasteiger partial charge on any atom is -0.0622 e. The van der Waals surface area contributed by atoms with Gasteiger partial charge in [-0.05, 0) is 67.3 Å². The molecular weight excluding hydrogens is 524 g/mol. The third-order valence-electron chi connectivity index (χ3n) is 8.39. The van der Waals surface area contributed by atoms with Gasteiger partial charge in [0, 0.05) is 10.0 Å². The maximum atomic E-state index is 3.90. The van der Waals surface area contributed by atoms with Gasteiger partial charge in [-0.15, -0.1) is 0 Å². The second-order valence-corrected chi connectivity index (χ2v) is 11.0. The summed E-state index contributed by atoms with van der Waals surface area (Å²) in [6, 6.07) is 51.2. The average molecular weight is 547 g/mol. The van der Waals surface area contributed by atoms with Crippen molar-refractivity contribution in [1.82, 2.24) is 0 Å². The highest BCUT2D eigenvalue weighted by molar-refractivity contribution is 9.10. The summed E-state index contributed by atoms with van der Waals surface area (Å²) in [5, 5.41) is 0. The molecular formula is C37H23Br. The van der Waals surface area contributed by atoms with Crippen LogP contribution in [0, 0.1) is 0 Å². The molecule has 8 rings (SSSR count). The maximum absolute atomic E-state index is 3.90. The summed E-state index contributed by atoms with van der Waals surface area (Å²) in [5.41, 5.74) is 15.4. The number of hydrogen-bond acceptors (Lipinski definition) is 0. The lowest BCUT2D eigenvalue weighted by molar-refractivity contribution is 0.793. The molecule has 0 saturated carbocycles. The molecule has 0 N–H and O–H groups in total. The van der Waals surface area contributed by atoms with Crippen molar-refractivity contribution in [2.45, 2.75) is 5.41 Å². The van der Waals surface area contributed by atoms with E-state index in [4.69, 9.17) is 0 Å².